The number of carbonyl (C=O) groups excluding carboxylic acids is 2. The molecule has 3 amide bonds. The number of likely N-dealkylation sites (tertiary alicyclic amines) is 1. The van der Waals surface area contributed by atoms with Gasteiger partial charge in [-0.2, -0.15) is 0 Å². The lowest BCUT2D eigenvalue weighted by Gasteiger charge is -2.36. The Balaban J connectivity index is 1.56. The number of nitrogens with one attached hydrogen (secondary N) is 2. The number of carboxylic acids is 1. The number of unbranched alkanes of at least 4 members (excludes halogenated alkanes) is 2. The van der Waals surface area contributed by atoms with E-state index in [2.05, 4.69) is 10.6 Å². The monoisotopic (exact) mass is 381 g/mol. The van der Waals surface area contributed by atoms with Crippen LogP contribution in [0.5, 0.6) is 0 Å². The number of amides is 3. The average molecular weight is 382 g/mol. The van der Waals surface area contributed by atoms with Crippen molar-refractivity contribution in [2.45, 2.75) is 89.6 Å². The first-order chi connectivity index (χ1) is 13.0. The van der Waals surface area contributed by atoms with Crippen molar-refractivity contribution >= 4 is 17.9 Å². The number of carbonyl (C=O) groups is 3. The van der Waals surface area contributed by atoms with Gasteiger partial charge in [0.15, 0.2) is 0 Å². The minimum Gasteiger partial charge on any atom is -0.480 e. The van der Waals surface area contributed by atoms with Crippen molar-refractivity contribution in [3.05, 3.63) is 0 Å². The van der Waals surface area contributed by atoms with Gasteiger partial charge in [-0.25, -0.2) is 9.59 Å². The van der Waals surface area contributed by atoms with E-state index in [-0.39, 0.29) is 11.9 Å². The maximum Gasteiger partial charge on any atom is 0.326 e. The molecule has 7 nitrogen and oxygen atoms in total. The molecule has 1 saturated carbocycles. The number of urea groups is 1. The first-order valence-electron chi connectivity index (χ1n) is 10.5. The van der Waals surface area contributed by atoms with Crippen LogP contribution in [0.1, 0.15) is 77.6 Å². The summed E-state index contributed by atoms with van der Waals surface area (Å²) in [5.74, 6) is -0.610. The summed E-state index contributed by atoms with van der Waals surface area (Å²) < 4.78 is 0. The highest BCUT2D eigenvalue weighted by Crippen LogP contribution is 2.24. The van der Waals surface area contributed by atoms with Crippen LogP contribution in [-0.4, -0.2) is 53.1 Å². The van der Waals surface area contributed by atoms with E-state index in [1.54, 1.807) is 0 Å². The van der Waals surface area contributed by atoms with Crippen LogP contribution >= 0.6 is 0 Å². The number of piperidine rings is 1. The molecule has 0 aromatic heterocycles. The van der Waals surface area contributed by atoms with Crippen LogP contribution in [0.4, 0.5) is 4.79 Å². The zero-order valence-electron chi connectivity index (χ0n) is 16.5. The molecule has 1 aliphatic carbocycles. The molecular weight excluding hydrogens is 346 g/mol. The van der Waals surface area contributed by atoms with Crippen molar-refractivity contribution in [2.75, 3.05) is 13.1 Å². The molecular formula is C20H35N3O4. The fraction of sp³-hybridized carbons (Fsp3) is 0.850. The third-order valence-corrected chi connectivity index (χ3v) is 5.76. The summed E-state index contributed by atoms with van der Waals surface area (Å²) in [4.78, 5) is 37.1. The van der Waals surface area contributed by atoms with E-state index in [0.29, 0.717) is 37.9 Å². The van der Waals surface area contributed by atoms with E-state index in [1.807, 2.05) is 6.92 Å². The highest BCUT2D eigenvalue weighted by atomic mass is 16.4. The molecule has 154 valence electrons. The molecule has 2 rings (SSSR count). The highest BCUT2D eigenvalue weighted by Gasteiger charge is 2.34. The van der Waals surface area contributed by atoms with Gasteiger partial charge in [0, 0.05) is 25.6 Å². The van der Waals surface area contributed by atoms with Crippen molar-refractivity contribution in [1.29, 1.82) is 0 Å². The molecule has 3 N–H and O–H groups in total. The number of hydrogen-bond donors (Lipinski definition) is 3. The molecule has 1 saturated heterocycles. The van der Waals surface area contributed by atoms with Gasteiger partial charge in [-0.3, -0.25) is 4.79 Å². The molecule has 27 heavy (non-hydrogen) atoms. The molecule has 0 bridgehead atoms. The third-order valence-electron chi connectivity index (χ3n) is 5.76. The first-order valence-corrected chi connectivity index (χ1v) is 10.5. The Morgan fingerprint density at radius 2 is 1.78 bits per heavy atom. The van der Waals surface area contributed by atoms with Crippen LogP contribution in [0.3, 0.4) is 0 Å². The predicted molar refractivity (Wildman–Crippen MR) is 103 cm³/mol. The summed E-state index contributed by atoms with van der Waals surface area (Å²) >= 11 is 0. The van der Waals surface area contributed by atoms with Gasteiger partial charge in [-0.05, 0) is 44.4 Å². The van der Waals surface area contributed by atoms with Crippen molar-refractivity contribution in [1.82, 2.24) is 15.5 Å². The van der Waals surface area contributed by atoms with Crippen molar-refractivity contribution in [3.63, 3.8) is 0 Å². The van der Waals surface area contributed by atoms with Crippen LogP contribution in [0.15, 0.2) is 0 Å². The van der Waals surface area contributed by atoms with E-state index in [0.717, 1.165) is 38.5 Å². The topological polar surface area (TPSA) is 98.7 Å². The normalized spacial score (nSPS) is 23.7. The molecule has 1 aliphatic heterocycles. The zero-order valence-corrected chi connectivity index (χ0v) is 16.5. The van der Waals surface area contributed by atoms with E-state index in [4.69, 9.17) is 0 Å². The zero-order chi connectivity index (χ0) is 19.6. The Kier molecular flexibility index (Phi) is 8.88. The SMILES string of the molecule is CC1CCN(C(=O)CCCCCNC(=O)NC2CCCCC2)C(C(=O)O)C1. The van der Waals surface area contributed by atoms with Crippen LogP contribution in [0.25, 0.3) is 0 Å². The van der Waals surface area contributed by atoms with Gasteiger partial charge in [0.05, 0.1) is 0 Å². The molecule has 2 unspecified atom stereocenters. The second-order valence-electron chi connectivity index (χ2n) is 8.12. The third kappa shape index (κ3) is 7.39. The highest BCUT2D eigenvalue weighted by molar-refractivity contribution is 5.83. The number of aliphatic carboxylic acids is 1. The second-order valence-corrected chi connectivity index (χ2v) is 8.12. The van der Waals surface area contributed by atoms with Gasteiger partial charge in [-0.15, -0.1) is 0 Å². The fourth-order valence-electron chi connectivity index (χ4n) is 4.08. The lowest BCUT2D eigenvalue weighted by Crippen LogP contribution is -2.49. The molecule has 0 radical (unpaired) electrons. The quantitative estimate of drug-likeness (QED) is 0.563. The summed E-state index contributed by atoms with van der Waals surface area (Å²) in [6, 6.07) is -0.457. The summed E-state index contributed by atoms with van der Waals surface area (Å²) in [7, 11) is 0. The van der Waals surface area contributed by atoms with E-state index in [1.165, 1.54) is 24.2 Å². The first kappa shape index (κ1) is 21.5. The fourth-order valence-corrected chi connectivity index (χ4v) is 4.08. The van der Waals surface area contributed by atoms with E-state index in [9.17, 15) is 19.5 Å². The summed E-state index contributed by atoms with van der Waals surface area (Å²) in [5.41, 5.74) is 0. The van der Waals surface area contributed by atoms with Gasteiger partial charge in [0.1, 0.15) is 6.04 Å². The van der Waals surface area contributed by atoms with Crippen LogP contribution in [-0.2, 0) is 9.59 Å². The van der Waals surface area contributed by atoms with Crippen LogP contribution < -0.4 is 10.6 Å². The molecule has 0 aromatic carbocycles. The minimum atomic E-state index is -0.900. The number of carboxylic acid groups (broad SMARTS) is 1. The van der Waals surface area contributed by atoms with Gasteiger partial charge in [0.25, 0.3) is 0 Å². The van der Waals surface area contributed by atoms with Crippen molar-refractivity contribution in [2.24, 2.45) is 5.92 Å². The maximum atomic E-state index is 12.4. The molecule has 0 aromatic rings. The number of nitrogens with zero attached hydrogens (tertiary/aromatic N) is 1. The van der Waals surface area contributed by atoms with Gasteiger partial charge in [-0.1, -0.05) is 32.6 Å². The number of hydrogen-bond acceptors (Lipinski definition) is 3. The largest absolute Gasteiger partial charge is 0.480 e. The van der Waals surface area contributed by atoms with Crippen LogP contribution in [0, 0.1) is 5.92 Å². The maximum absolute atomic E-state index is 12.4. The predicted octanol–water partition coefficient (Wildman–Crippen LogP) is 2.89. The lowest BCUT2D eigenvalue weighted by atomic mass is 9.92. The Labute approximate surface area is 162 Å². The Bertz CT molecular complexity index is 505. The van der Waals surface area contributed by atoms with Gasteiger partial charge >= 0.3 is 12.0 Å². The molecule has 2 fully saturated rings. The standard InChI is InChI=1S/C20H35N3O4/c1-15-11-13-23(17(14-15)19(25)26)18(24)10-6-3-7-12-21-20(27)22-16-8-4-2-5-9-16/h15-17H,2-14H2,1H3,(H,25,26)(H2,21,22,27). The van der Waals surface area contributed by atoms with E-state index >= 15 is 0 Å². The average Bonchev–Trinajstić information content (AvgIpc) is 2.65. The lowest BCUT2D eigenvalue weighted by molar-refractivity contribution is -0.153. The Hall–Kier alpha value is -1.79. The second kappa shape index (κ2) is 11.1. The molecule has 0 spiro atoms. The summed E-state index contributed by atoms with van der Waals surface area (Å²) in [5, 5.41) is 15.3. The Morgan fingerprint density at radius 1 is 1.04 bits per heavy atom. The van der Waals surface area contributed by atoms with Crippen molar-refractivity contribution < 1.29 is 19.5 Å². The molecule has 1 heterocycles. The Morgan fingerprint density at radius 3 is 2.48 bits per heavy atom. The van der Waals surface area contributed by atoms with Crippen LogP contribution in [0.2, 0.25) is 0 Å². The minimum absolute atomic E-state index is 0.0581. The molecule has 2 aliphatic rings. The smallest absolute Gasteiger partial charge is 0.326 e. The van der Waals surface area contributed by atoms with Gasteiger partial charge < -0.3 is 20.6 Å². The van der Waals surface area contributed by atoms with Crippen molar-refractivity contribution in [3.8, 4) is 0 Å². The van der Waals surface area contributed by atoms with E-state index < -0.39 is 12.0 Å². The molecule has 2 atom stereocenters. The molecule has 7 heteroatoms. The number of rotatable bonds is 8. The summed E-state index contributed by atoms with van der Waals surface area (Å²) in [6.45, 7) is 3.18. The van der Waals surface area contributed by atoms with Gasteiger partial charge in [0.2, 0.25) is 5.91 Å². The summed E-state index contributed by atoms with van der Waals surface area (Å²) in [6.07, 6.45) is 9.98.